The molecule has 1 aromatic carbocycles. The summed E-state index contributed by atoms with van der Waals surface area (Å²) in [4.78, 5) is 9.52. The number of methoxy groups -OCH3 is 1. The third-order valence-corrected chi connectivity index (χ3v) is 6.83. The lowest BCUT2D eigenvalue weighted by Gasteiger charge is -2.34. The van der Waals surface area contributed by atoms with Gasteiger partial charge in [0.25, 0.3) is 0 Å². The Morgan fingerprint density at radius 2 is 2.00 bits per heavy atom. The van der Waals surface area contributed by atoms with Crippen molar-refractivity contribution in [2.75, 3.05) is 40.3 Å². The van der Waals surface area contributed by atoms with E-state index in [1.165, 1.54) is 37.2 Å². The monoisotopic (exact) mass is 424 g/mol. The zero-order valence-corrected chi connectivity index (χ0v) is 18.9. The average Bonchev–Trinajstić information content (AvgIpc) is 3.45. The fraction of sp³-hybridized carbons (Fsp3) is 0.458. The Hall–Kier alpha value is -2.15. The molecule has 1 saturated heterocycles. The third kappa shape index (κ3) is 5.31. The number of thiazole rings is 1. The van der Waals surface area contributed by atoms with Gasteiger partial charge in [-0.1, -0.05) is 18.2 Å². The Morgan fingerprint density at radius 1 is 1.17 bits per heavy atom. The highest BCUT2D eigenvalue weighted by Gasteiger charge is 2.21. The quantitative estimate of drug-likeness (QED) is 0.512. The fourth-order valence-electron chi connectivity index (χ4n) is 4.43. The highest BCUT2D eigenvalue weighted by atomic mass is 32.1. The molecule has 3 heterocycles. The summed E-state index contributed by atoms with van der Waals surface area (Å²) in [6, 6.07) is 12.7. The number of ether oxygens (including phenoxy) is 1. The van der Waals surface area contributed by atoms with Crippen molar-refractivity contribution in [2.45, 2.75) is 25.8 Å². The van der Waals surface area contributed by atoms with Gasteiger partial charge in [-0.25, -0.2) is 4.98 Å². The van der Waals surface area contributed by atoms with Crippen LogP contribution in [-0.2, 0) is 13.0 Å². The van der Waals surface area contributed by atoms with E-state index in [4.69, 9.17) is 4.74 Å². The van der Waals surface area contributed by atoms with Gasteiger partial charge in [0, 0.05) is 43.1 Å². The van der Waals surface area contributed by atoms with Crippen LogP contribution in [0.3, 0.4) is 0 Å². The summed E-state index contributed by atoms with van der Waals surface area (Å²) < 4.78 is 7.70. The standard InChI is InChI=1S/C24H32N4OS/c1-26(19-22-7-5-13-28(22)24-25-12-17-30-24)18-20-9-14-27(15-10-20)16-11-21-6-3-4-8-23(21)29-2/h3-8,12-13,17,20H,9-11,14-16,18-19H2,1-2H3. The Kier molecular flexibility index (Phi) is 7.20. The number of aromatic nitrogens is 2. The number of benzene rings is 1. The summed E-state index contributed by atoms with van der Waals surface area (Å²) in [6.07, 6.45) is 7.60. The Labute approximate surface area is 183 Å². The molecular formula is C24H32N4OS. The van der Waals surface area contributed by atoms with Gasteiger partial charge < -0.3 is 14.5 Å². The summed E-state index contributed by atoms with van der Waals surface area (Å²) in [5.74, 6) is 1.79. The zero-order valence-electron chi connectivity index (χ0n) is 18.0. The van der Waals surface area contributed by atoms with E-state index in [2.05, 4.69) is 62.9 Å². The summed E-state index contributed by atoms with van der Waals surface area (Å²) in [7, 11) is 4.00. The van der Waals surface area contributed by atoms with Crippen LogP contribution < -0.4 is 4.74 Å². The van der Waals surface area contributed by atoms with Gasteiger partial charge in [-0.15, -0.1) is 11.3 Å². The molecule has 0 radical (unpaired) electrons. The minimum Gasteiger partial charge on any atom is -0.496 e. The molecule has 0 amide bonds. The predicted molar refractivity (Wildman–Crippen MR) is 124 cm³/mol. The SMILES string of the molecule is COc1ccccc1CCN1CCC(CN(C)Cc2cccn2-c2nccs2)CC1. The number of piperidine rings is 1. The van der Waals surface area contributed by atoms with Crippen LogP contribution in [0, 0.1) is 5.92 Å². The maximum absolute atomic E-state index is 5.49. The normalized spacial score (nSPS) is 15.7. The van der Waals surface area contributed by atoms with E-state index in [-0.39, 0.29) is 0 Å². The van der Waals surface area contributed by atoms with Crippen molar-refractivity contribution in [3.63, 3.8) is 0 Å². The molecule has 1 aliphatic rings. The fourth-order valence-corrected chi connectivity index (χ4v) is 5.09. The van der Waals surface area contributed by atoms with E-state index >= 15 is 0 Å². The van der Waals surface area contributed by atoms with E-state index in [9.17, 15) is 0 Å². The van der Waals surface area contributed by atoms with E-state index < -0.39 is 0 Å². The second kappa shape index (κ2) is 10.2. The smallest absolute Gasteiger partial charge is 0.193 e. The van der Waals surface area contributed by atoms with Gasteiger partial charge in [0.2, 0.25) is 0 Å². The Balaban J connectivity index is 1.22. The number of nitrogens with zero attached hydrogens (tertiary/aromatic N) is 4. The number of hydrogen-bond donors (Lipinski definition) is 0. The molecule has 1 aliphatic heterocycles. The van der Waals surface area contributed by atoms with Gasteiger partial charge in [0.1, 0.15) is 5.75 Å². The van der Waals surface area contributed by atoms with Crippen LogP contribution in [0.5, 0.6) is 5.75 Å². The van der Waals surface area contributed by atoms with Gasteiger partial charge in [0.05, 0.1) is 7.11 Å². The minimum absolute atomic E-state index is 0.779. The van der Waals surface area contributed by atoms with E-state index in [0.717, 1.165) is 42.9 Å². The highest BCUT2D eigenvalue weighted by molar-refractivity contribution is 7.12. The van der Waals surface area contributed by atoms with E-state index in [1.807, 2.05) is 17.6 Å². The molecule has 4 rings (SSSR count). The van der Waals surface area contributed by atoms with Gasteiger partial charge in [-0.2, -0.15) is 0 Å². The molecule has 3 aromatic rings. The lowest BCUT2D eigenvalue weighted by Crippen LogP contribution is -2.38. The average molecular weight is 425 g/mol. The molecule has 0 spiro atoms. The molecule has 6 heteroatoms. The van der Waals surface area contributed by atoms with Crippen molar-refractivity contribution in [1.29, 1.82) is 0 Å². The molecule has 1 fully saturated rings. The number of para-hydroxylation sites is 1. The van der Waals surface area contributed by atoms with E-state index in [0.29, 0.717) is 0 Å². The lowest BCUT2D eigenvalue weighted by molar-refractivity contribution is 0.152. The molecule has 0 aliphatic carbocycles. The van der Waals surface area contributed by atoms with Gasteiger partial charge in [-0.3, -0.25) is 4.57 Å². The van der Waals surface area contributed by atoms with Crippen LogP contribution in [0.1, 0.15) is 24.1 Å². The molecule has 0 bridgehead atoms. The molecule has 0 saturated carbocycles. The van der Waals surface area contributed by atoms with Crippen LogP contribution in [-0.4, -0.2) is 59.7 Å². The molecule has 5 nitrogen and oxygen atoms in total. The molecule has 0 N–H and O–H groups in total. The predicted octanol–water partition coefficient (Wildman–Crippen LogP) is 4.33. The largest absolute Gasteiger partial charge is 0.496 e. The first-order valence-corrected chi connectivity index (χ1v) is 11.7. The Bertz CT molecular complexity index is 900. The lowest BCUT2D eigenvalue weighted by atomic mass is 9.96. The van der Waals surface area contributed by atoms with Crippen LogP contribution in [0.2, 0.25) is 0 Å². The number of likely N-dealkylation sites (tertiary alicyclic amines) is 1. The van der Waals surface area contributed by atoms with Crippen molar-refractivity contribution < 1.29 is 4.74 Å². The maximum atomic E-state index is 5.49. The molecule has 30 heavy (non-hydrogen) atoms. The third-order valence-electron chi connectivity index (χ3n) is 6.06. The van der Waals surface area contributed by atoms with Crippen LogP contribution in [0.15, 0.2) is 54.2 Å². The van der Waals surface area contributed by atoms with Crippen molar-refractivity contribution in [1.82, 2.24) is 19.4 Å². The van der Waals surface area contributed by atoms with Crippen LogP contribution >= 0.6 is 11.3 Å². The van der Waals surface area contributed by atoms with Crippen LogP contribution in [0.4, 0.5) is 0 Å². The summed E-state index contributed by atoms with van der Waals surface area (Å²) in [5.41, 5.74) is 2.62. The second-order valence-electron chi connectivity index (χ2n) is 8.23. The zero-order chi connectivity index (χ0) is 20.8. The topological polar surface area (TPSA) is 33.5 Å². The minimum atomic E-state index is 0.779. The number of rotatable bonds is 9. The van der Waals surface area contributed by atoms with E-state index in [1.54, 1.807) is 18.4 Å². The van der Waals surface area contributed by atoms with Crippen molar-refractivity contribution in [3.8, 4) is 10.9 Å². The first kappa shape index (κ1) is 21.1. The van der Waals surface area contributed by atoms with Crippen molar-refractivity contribution in [2.24, 2.45) is 5.92 Å². The maximum Gasteiger partial charge on any atom is 0.193 e. The van der Waals surface area contributed by atoms with Gasteiger partial charge in [-0.05, 0) is 69.1 Å². The summed E-state index contributed by atoms with van der Waals surface area (Å²) >= 11 is 1.68. The summed E-state index contributed by atoms with van der Waals surface area (Å²) in [5, 5.41) is 3.08. The second-order valence-corrected chi connectivity index (χ2v) is 9.10. The molecular weight excluding hydrogens is 392 g/mol. The Morgan fingerprint density at radius 3 is 2.77 bits per heavy atom. The van der Waals surface area contributed by atoms with Crippen LogP contribution in [0.25, 0.3) is 5.13 Å². The highest BCUT2D eigenvalue weighted by Crippen LogP contribution is 2.22. The summed E-state index contributed by atoms with van der Waals surface area (Å²) in [6.45, 7) is 5.63. The first-order valence-electron chi connectivity index (χ1n) is 10.8. The molecule has 0 atom stereocenters. The molecule has 160 valence electrons. The molecule has 2 aromatic heterocycles. The van der Waals surface area contributed by atoms with Gasteiger partial charge in [0.15, 0.2) is 5.13 Å². The number of hydrogen-bond acceptors (Lipinski definition) is 5. The first-order chi connectivity index (χ1) is 14.7. The van der Waals surface area contributed by atoms with Crippen molar-refractivity contribution in [3.05, 3.63) is 65.4 Å². The van der Waals surface area contributed by atoms with Gasteiger partial charge >= 0.3 is 0 Å². The molecule has 0 unspecified atom stereocenters. The van der Waals surface area contributed by atoms with Crippen molar-refractivity contribution >= 4 is 11.3 Å².